The molecule has 0 spiro atoms. The van der Waals surface area contributed by atoms with E-state index in [0.29, 0.717) is 129 Å². The molecule has 10 atom stereocenters. The molecule has 3 aliphatic heterocycles. The van der Waals surface area contributed by atoms with E-state index < -0.39 is 87.1 Å². The third-order valence-corrected chi connectivity index (χ3v) is 20.3. The van der Waals surface area contributed by atoms with Gasteiger partial charge in [0, 0.05) is 58.9 Å². The molecule has 0 bridgehead atoms. The molecule has 4 unspecified atom stereocenters. The molecule has 16 nitrogen and oxygen atoms in total. The predicted octanol–water partition coefficient (Wildman–Crippen LogP) is 12.8. The summed E-state index contributed by atoms with van der Waals surface area (Å²) in [5, 5.41) is 0. The lowest BCUT2D eigenvalue weighted by Crippen LogP contribution is -3.10. The number of likely N-dealkylation sites (tertiary alicyclic amines) is 3. The van der Waals surface area contributed by atoms with E-state index in [-0.39, 0.29) is 66.6 Å². The smallest absolute Gasteiger partial charge is 0.410 e. The Morgan fingerprint density at radius 1 is 0.449 bits per heavy atom. The van der Waals surface area contributed by atoms with Gasteiger partial charge in [0.15, 0.2) is 0 Å². The number of hydrogen-bond acceptors (Lipinski definition) is 13. The number of benzene rings is 2. The third-order valence-electron chi connectivity index (χ3n) is 20.3. The molecular formula is C71H102F2N4O12. The molecule has 3 amide bonds. The molecule has 2 aromatic carbocycles. The van der Waals surface area contributed by atoms with Crippen LogP contribution in [0, 0.1) is 93.5 Å². The summed E-state index contributed by atoms with van der Waals surface area (Å²) < 4.78 is 68.4. The maximum atomic E-state index is 16.4. The number of amides is 3. The lowest BCUT2D eigenvalue weighted by molar-refractivity contribution is -0.661. The quantitative estimate of drug-likeness (QED) is 0.102. The Morgan fingerprint density at radius 3 is 1.09 bits per heavy atom. The van der Waals surface area contributed by atoms with E-state index >= 15 is 8.78 Å². The van der Waals surface area contributed by atoms with Crippen LogP contribution in [0.2, 0.25) is 0 Å². The van der Waals surface area contributed by atoms with Crippen molar-refractivity contribution < 1.29 is 66.0 Å². The maximum absolute atomic E-state index is 16.4. The molecule has 0 radical (unpaired) electrons. The maximum Gasteiger partial charge on any atom is 0.410 e. The SMILES string of the molecule is CC(C)(C)OC(=O)[C@@H](Cc1cc(F)cc(CN(Cc2cc(F)cc(C[C@H](C(=O)OC(C)(C)C)[C@H]3CCN(C(=O)OC(C)(C)C)C3)c2)CC23C4C5C6C4C2C6(C[C@@H](C(=O)OC(C)(C)C)[C@H]2CCN(C(=O)OC(C)(C)C)C2)C53)c1)[C@H]1CCN(C(=O)OC(C)(C)C)C1. The van der Waals surface area contributed by atoms with E-state index in [9.17, 15) is 28.8 Å². The fourth-order valence-electron chi connectivity index (χ4n) is 17.9. The predicted molar refractivity (Wildman–Crippen MR) is 330 cm³/mol. The van der Waals surface area contributed by atoms with Crippen LogP contribution in [0.3, 0.4) is 0 Å². The second-order valence-electron chi connectivity index (χ2n) is 33.9. The van der Waals surface area contributed by atoms with E-state index in [2.05, 4.69) is 4.90 Å². The summed E-state index contributed by atoms with van der Waals surface area (Å²) in [6, 6.07) is 9.96. The van der Waals surface area contributed by atoms with Crippen LogP contribution < -0.4 is 0 Å². The third kappa shape index (κ3) is 13.7. The highest BCUT2D eigenvalue weighted by Crippen LogP contribution is 3.11. The van der Waals surface area contributed by atoms with Crippen molar-refractivity contribution in [1.29, 1.82) is 0 Å². The van der Waals surface area contributed by atoms with Crippen molar-refractivity contribution in [2.75, 3.05) is 45.8 Å². The zero-order valence-corrected chi connectivity index (χ0v) is 56.4. The van der Waals surface area contributed by atoms with Crippen molar-refractivity contribution in [2.45, 2.75) is 210 Å². The van der Waals surface area contributed by atoms with Gasteiger partial charge in [-0.25, -0.2) is 23.2 Å². The van der Waals surface area contributed by atoms with Gasteiger partial charge in [0.05, 0.1) is 17.8 Å². The molecule has 2 aromatic rings. The van der Waals surface area contributed by atoms with Crippen LogP contribution in [-0.4, -0.2) is 135 Å². The van der Waals surface area contributed by atoms with Crippen molar-refractivity contribution >= 4 is 36.2 Å². The molecule has 3 heterocycles. The molecule has 9 aliphatic rings. The Morgan fingerprint density at radius 2 is 0.753 bits per heavy atom. The van der Waals surface area contributed by atoms with Crippen molar-refractivity contribution in [2.24, 2.45) is 81.8 Å². The number of hydrogen-bond donors (Lipinski definition) is 0. The van der Waals surface area contributed by atoms with Crippen LogP contribution in [-0.2, 0) is 68.7 Å². The monoisotopic (exact) mass is 1240 g/mol. The van der Waals surface area contributed by atoms with Gasteiger partial charge in [0.25, 0.3) is 0 Å². The minimum atomic E-state index is -0.794. The Hall–Kier alpha value is -5.52. The van der Waals surface area contributed by atoms with E-state index in [1.807, 2.05) is 137 Å². The van der Waals surface area contributed by atoms with Gasteiger partial charge >= 0.3 is 36.2 Å². The summed E-state index contributed by atoms with van der Waals surface area (Å²) in [5.41, 5.74) is -1.82. The molecule has 6 saturated carbocycles. The number of rotatable bonds is 18. The summed E-state index contributed by atoms with van der Waals surface area (Å²) in [6.45, 7) is 36.6. The summed E-state index contributed by atoms with van der Waals surface area (Å²) in [4.78, 5) is 90.3. The second kappa shape index (κ2) is 23.2. The van der Waals surface area contributed by atoms with Crippen LogP contribution in [0.4, 0.5) is 23.2 Å². The Labute approximate surface area is 527 Å². The Bertz CT molecular complexity index is 2920. The number of ether oxygens (including phenoxy) is 6. The average molecular weight is 1240 g/mol. The lowest BCUT2D eigenvalue weighted by Gasteiger charge is -3.12. The summed E-state index contributed by atoms with van der Waals surface area (Å²) >= 11 is 0. The highest BCUT2D eigenvalue weighted by atomic mass is 19.1. The Kier molecular flexibility index (Phi) is 17.3. The van der Waals surface area contributed by atoms with Crippen LogP contribution in [0.25, 0.3) is 0 Å². The summed E-state index contributed by atoms with van der Waals surface area (Å²) in [6.07, 6.45) is 1.53. The fourth-order valence-corrected chi connectivity index (χ4v) is 17.9. The largest absolute Gasteiger partial charge is 0.460 e. The topological polar surface area (TPSA) is 171 Å². The first kappa shape index (κ1) is 66.4. The van der Waals surface area contributed by atoms with Gasteiger partial charge in [-0.05, 0) is 274 Å². The van der Waals surface area contributed by atoms with Gasteiger partial charge in [-0.1, -0.05) is 12.1 Å². The molecular weight excluding hydrogens is 1140 g/mol. The molecule has 6 aliphatic carbocycles. The first-order valence-corrected chi connectivity index (χ1v) is 32.9. The number of esters is 3. The van der Waals surface area contributed by atoms with E-state index in [1.54, 1.807) is 14.7 Å². The van der Waals surface area contributed by atoms with Crippen LogP contribution in [0.5, 0.6) is 0 Å². The zero-order chi connectivity index (χ0) is 65.3. The molecule has 11 rings (SSSR count). The number of carbonyl (C=O) groups excluding carboxylic acids is 6. The van der Waals surface area contributed by atoms with E-state index in [1.165, 1.54) is 24.3 Å². The minimum Gasteiger partial charge on any atom is -0.460 e. The van der Waals surface area contributed by atoms with Gasteiger partial charge in [-0.3, -0.25) is 19.3 Å². The van der Waals surface area contributed by atoms with Crippen molar-refractivity contribution in [1.82, 2.24) is 19.6 Å². The number of nitrogens with zero attached hydrogens (tertiary/aromatic N) is 4. The van der Waals surface area contributed by atoms with Crippen LogP contribution in [0.1, 0.15) is 173 Å². The fraction of sp³-hybridized carbons (Fsp3) is 0.746. The molecule has 0 aromatic heterocycles. The lowest BCUT2D eigenvalue weighted by atomic mass is 8.91. The minimum absolute atomic E-state index is 0.0271. The molecule has 18 heteroatoms. The van der Waals surface area contributed by atoms with Gasteiger partial charge in [0.2, 0.25) is 0 Å². The van der Waals surface area contributed by atoms with Gasteiger partial charge in [-0.15, -0.1) is 0 Å². The molecule has 89 heavy (non-hydrogen) atoms. The second-order valence-corrected chi connectivity index (χ2v) is 33.9. The van der Waals surface area contributed by atoms with Gasteiger partial charge < -0.3 is 43.1 Å². The number of carbonyl (C=O) groups is 6. The van der Waals surface area contributed by atoms with Crippen LogP contribution in [0.15, 0.2) is 36.4 Å². The molecule has 3 saturated heterocycles. The highest BCUT2D eigenvalue weighted by Gasteiger charge is 3.09. The van der Waals surface area contributed by atoms with E-state index in [4.69, 9.17) is 28.4 Å². The van der Waals surface area contributed by atoms with Gasteiger partial charge in [0.1, 0.15) is 45.2 Å². The first-order chi connectivity index (χ1) is 41.0. The summed E-state index contributed by atoms with van der Waals surface area (Å²) in [7, 11) is 0. The highest BCUT2D eigenvalue weighted by molar-refractivity contribution is 5.76. The van der Waals surface area contributed by atoms with Crippen molar-refractivity contribution in [3.05, 3.63) is 70.3 Å². The standard InChI is InChI=1S/C71H102F2N4O12/c1-64(2,3)84-58(78)49(44-19-22-75(36-44)61(81)87-67(10,11)12)31-40-25-42(29-47(72)27-40)34-74(35-43-26-41(28-48(73)30-43)32-50(59(79)85-65(4,5)6)45-20-23-76(37-45)62(82)88-68(13,14)15)39-71-55-52-54-53(55)57(71)70(54,56(52)71)33-51(60(80)86-66(7,8)9)46-21-24-77(38-46)63(83)89-69(16,17)18/h25-30,44-46,49-57H,19-24,31-39H2,1-18H3/t44-,45-,46-,49-,50-,51+,52?,53?,54?,55?,56?,57?,70?,71?/m0/s1. The first-order valence-electron chi connectivity index (χ1n) is 32.9. The van der Waals surface area contributed by atoms with Crippen molar-refractivity contribution in [3.8, 4) is 0 Å². The summed E-state index contributed by atoms with van der Waals surface area (Å²) in [5.74, 6) is -1.46. The molecule has 492 valence electrons. The molecule has 0 N–H and O–H groups in total. The zero-order valence-electron chi connectivity index (χ0n) is 56.4. The normalized spacial score (nSPS) is 29.4. The number of halogens is 2. The average Bonchev–Trinajstić information content (AvgIpc) is 1.11. The Balaban J connectivity index is 0.945. The van der Waals surface area contributed by atoms with Crippen LogP contribution >= 0.6 is 0 Å². The van der Waals surface area contributed by atoms with E-state index in [0.717, 1.165) is 0 Å². The van der Waals surface area contributed by atoms with Gasteiger partial charge in [-0.2, -0.15) is 0 Å². The van der Waals surface area contributed by atoms with Crippen molar-refractivity contribution in [3.63, 3.8) is 0 Å². The molecule has 9 fully saturated rings.